The summed E-state index contributed by atoms with van der Waals surface area (Å²) in [6, 6.07) is 16.7. The third-order valence-electron chi connectivity index (χ3n) is 6.16. The Balaban J connectivity index is 1.39. The normalized spacial score (nSPS) is 19.2. The summed E-state index contributed by atoms with van der Waals surface area (Å²) in [4.78, 5) is 15.6. The highest BCUT2D eigenvalue weighted by Crippen LogP contribution is 2.37. The van der Waals surface area contributed by atoms with Gasteiger partial charge < -0.3 is 14.8 Å². The molecule has 3 aromatic rings. The third kappa shape index (κ3) is 4.98. The molecule has 31 heavy (non-hydrogen) atoms. The maximum Gasteiger partial charge on any atom is 0.306 e. The van der Waals surface area contributed by atoms with Crippen LogP contribution in [0.1, 0.15) is 63.8 Å². The molecular weight excluding hydrogens is 388 g/mol. The van der Waals surface area contributed by atoms with Crippen LogP contribution in [0.2, 0.25) is 0 Å². The molecule has 0 bridgehead atoms. The Labute approximate surface area is 183 Å². The van der Waals surface area contributed by atoms with Gasteiger partial charge in [0.2, 0.25) is 0 Å². The summed E-state index contributed by atoms with van der Waals surface area (Å²) >= 11 is 0. The first-order chi connectivity index (χ1) is 14.8. The van der Waals surface area contributed by atoms with Crippen LogP contribution in [0, 0.1) is 5.92 Å². The number of aliphatic carboxylic acids is 1. The minimum absolute atomic E-state index is 0.145. The second-order valence-electron chi connectivity index (χ2n) is 9.48. The molecule has 1 heterocycles. The molecule has 0 amide bonds. The number of nitrogens with one attached hydrogen (secondary N) is 1. The molecule has 4 rings (SSSR count). The summed E-state index contributed by atoms with van der Waals surface area (Å²) in [6.45, 7) is 6.64. The van der Waals surface area contributed by atoms with Crippen LogP contribution in [-0.2, 0) is 10.2 Å². The van der Waals surface area contributed by atoms with Crippen LogP contribution in [0.4, 0.5) is 11.4 Å². The Kier molecular flexibility index (Phi) is 5.86. The standard InChI is InChI=1S/C26H30N2O3/c1-26(2,3)20-10-14-22(15-11-20)28-21-12-8-17(9-13-21)23-16-27-24(31-23)18-4-6-19(7-5-18)25(29)30/h8-16,18-19,28H,4-7H2,1-3H3,(H,29,30). The highest BCUT2D eigenvalue weighted by molar-refractivity contribution is 5.70. The van der Waals surface area contributed by atoms with Gasteiger partial charge in [-0.2, -0.15) is 0 Å². The predicted octanol–water partition coefficient (Wildman–Crippen LogP) is 6.74. The quantitative estimate of drug-likeness (QED) is 0.480. The van der Waals surface area contributed by atoms with Crippen molar-refractivity contribution in [2.24, 2.45) is 5.92 Å². The average molecular weight is 419 g/mol. The Morgan fingerprint density at radius 1 is 0.968 bits per heavy atom. The zero-order valence-corrected chi connectivity index (χ0v) is 18.4. The Hall–Kier alpha value is -3.08. The summed E-state index contributed by atoms with van der Waals surface area (Å²) < 4.78 is 6.03. The fraction of sp³-hybridized carbons (Fsp3) is 0.385. The van der Waals surface area contributed by atoms with Crippen LogP contribution in [0.5, 0.6) is 0 Å². The molecule has 5 heteroatoms. The Morgan fingerprint density at radius 3 is 2.10 bits per heavy atom. The first kappa shape index (κ1) is 21.2. The summed E-state index contributed by atoms with van der Waals surface area (Å²) in [5.41, 5.74) is 4.50. The Bertz CT molecular complexity index is 1020. The predicted molar refractivity (Wildman–Crippen MR) is 123 cm³/mol. The minimum atomic E-state index is -0.689. The average Bonchev–Trinajstić information content (AvgIpc) is 3.24. The van der Waals surface area contributed by atoms with Gasteiger partial charge in [-0.15, -0.1) is 0 Å². The number of hydrogen-bond donors (Lipinski definition) is 2. The maximum atomic E-state index is 11.1. The van der Waals surface area contributed by atoms with E-state index in [0.717, 1.165) is 41.4 Å². The minimum Gasteiger partial charge on any atom is -0.481 e. The molecule has 1 saturated carbocycles. The second-order valence-corrected chi connectivity index (χ2v) is 9.48. The van der Waals surface area contributed by atoms with Gasteiger partial charge in [0.25, 0.3) is 0 Å². The smallest absolute Gasteiger partial charge is 0.306 e. The third-order valence-corrected chi connectivity index (χ3v) is 6.16. The molecule has 5 nitrogen and oxygen atoms in total. The van der Waals surface area contributed by atoms with E-state index in [1.54, 1.807) is 6.20 Å². The number of hydrogen-bond acceptors (Lipinski definition) is 4. The van der Waals surface area contributed by atoms with Crippen molar-refractivity contribution in [1.29, 1.82) is 0 Å². The number of carboxylic acids is 1. The van der Waals surface area contributed by atoms with Crippen LogP contribution in [0.25, 0.3) is 11.3 Å². The number of benzene rings is 2. The largest absolute Gasteiger partial charge is 0.481 e. The SMILES string of the molecule is CC(C)(C)c1ccc(Nc2ccc(-c3cnc(C4CCC(C(=O)O)CC4)o3)cc2)cc1. The highest BCUT2D eigenvalue weighted by Gasteiger charge is 2.29. The van der Waals surface area contributed by atoms with E-state index in [-0.39, 0.29) is 17.3 Å². The lowest BCUT2D eigenvalue weighted by molar-refractivity contribution is -0.142. The summed E-state index contributed by atoms with van der Waals surface area (Å²) in [7, 11) is 0. The molecule has 0 saturated heterocycles. The van der Waals surface area contributed by atoms with Gasteiger partial charge in [-0.05, 0) is 73.1 Å². The molecule has 0 aliphatic heterocycles. The topological polar surface area (TPSA) is 75.4 Å². The van der Waals surface area contributed by atoms with Crippen molar-refractivity contribution in [1.82, 2.24) is 4.98 Å². The van der Waals surface area contributed by atoms with Crippen LogP contribution in [0.15, 0.2) is 59.1 Å². The number of carboxylic acid groups (broad SMARTS) is 1. The molecule has 1 fully saturated rings. The van der Waals surface area contributed by atoms with Crippen LogP contribution in [0.3, 0.4) is 0 Å². The van der Waals surface area contributed by atoms with E-state index in [1.165, 1.54) is 5.56 Å². The van der Waals surface area contributed by atoms with Gasteiger partial charge in [-0.25, -0.2) is 4.98 Å². The lowest BCUT2D eigenvalue weighted by Crippen LogP contribution is -2.20. The van der Waals surface area contributed by atoms with Crippen molar-refractivity contribution < 1.29 is 14.3 Å². The molecule has 0 atom stereocenters. The van der Waals surface area contributed by atoms with Crippen molar-refractivity contribution >= 4 is 17.3 Å². The fourth-order valence-electron chi connectivity index (χ4n) is 4.14. The van der Waals surface area contributed by atoms with Gasteiger partial charge in [0.15, 0.2) is 11.7 Å². The summed E-state index contributed by atoms with van der Waals surface area (Å²) in [5, 5.41) is 12.6. The van der Waals surface area contributed by atoms with Gasteiger partial charge in [0, 0.05) is 22.9 Å². The number of nitrogens with zero attached hydrogens (tertiary/aromatic N) is 1. The molecule has 0 spiro atoms. The zero-order valence-electron chi connectivity index (χ0n) is 18.4. The molecule has 162 valence electrons. The highest BCUT2D eigenvalue weighted by atomic mass is 16.4. The van der Waals surface area contributed by atoms with Crippen molar-refractivity contribution in [3.63, 3.8) is 0 Å². The van der Waals surface area contributed by atoms with Crippen molar-refractivity contribution in [3.8, 4) is 11.3 Å². The van der Waals surface area contributed by atoms with E-state index in [2.05, 4.69) is 55.3 Å². The van der Waals surface area contributed by atoms with E-state index in [1.807, 2.05) is 24.3 Å². The van der Waals surface area contributed by atoms with Gasteiger partial charge in [-0.3, -0.25) is 4.79 Å². The summed E-state index contributed by atoms with van der Waals surface area (Å²) in [5.74, 6) is 0.763. The van der Waals surface area contributed by atoms with E-state index in [9.17, 15) is 4.79 Å². The van der Waals surface area contributed by atoms with Crippen LogP contribution < -0.4 is 5.32 Å². The van der Waals surface area contributed by atoms with Crippen molar-refractivity contribution in [2.45, 2.75) is 57.8 Å². The lowest BCUT2D eigenvalue weighted by atomic mass is 9.82. The number of aromatic nitrogens is 1. The van der Waals surface area contributed by atoms with Crippen LogP contribution in [-0.4, -0.2) is 16.1 Å². The van der Waals surface area contributed by atoms with Crippen LogP contribution >= 0.6 is 0 Å². The van der Waals surface area contributed by atoms with Gasteiger partial charge >= 0.3 is 5.97 Å². The zero-order chi connectivity index (χ0) is 22.0. The number of carbonyl (C=O) groups is 1. The van der Waals surface area contributed by atoms with Crippen molar-refractivity contribution in [3.05, 3.63) is 66.2 Å². The van der Waals surface area contributed by atoms with Gasteiger partial charge in [-0.1, -0.05) is 32.9 Å². The summed E-state index contributed by atoms with van der Waals surface area (Å²) in [6.07, 6.45) is 4.78. The second kappa shape index (κ2) is 8.58. The van der Waals surface area contributed by atoms with Gasteiger partial charge in [0.1, 0.15) is 0 Å². The molecule has 1 aliphatic carbocycles. The number of anilines is 2. The fourth-order valence-corrected chi connectivity index (χ4v) is 4.14. The Morgan fingerprint density at radius 2 is 1.55 bits per heavy atom. The van der Waals surface area contributed by atoms with E-state index in [0.29, 0.717) is 12.8 Å². The monoisotopic (exact) mass is 418 g/mol. The molecule has 1 aliphatic rings. The van der Waals surface area contributed by atoms with E-state index in [4.69, 9.17) is 9.52 Å². The molecule has 0 unspecified atom stereocenters. The van der Waals surface area contributed by atoms with Gasteiger partial charge in [0.05, 0.1) is 12.1 Å². The molecule has 0 radical (unpaired) electrons. The van der Waals surface area contributed by atoms with E-state index < -0.39 is 5.97 Å². The van der Waals surface area contributed by atoms with E-state index >= 15 is 0 Å². The first-order valence-electron chi connectivity index (χ1n) is 11.0. The lowest BCUT2D eigenvalue weighted by Gasteiger charge is -2.23. The number of oxazole rings is 1. The first-order valence-corrected chi connectivity index (χ1v) is 11.0. The molecule has 2 N–H and O–H groups in total. The maximum absolute atomic E-state index is 11.1. The van der Waals surface area contributed by atoms with Crippen molar-refractivity contribution in [2.75, 3.05) is 5.32 Å². The molecule has 2 aromatic carbocycles. The molecule has 1 aromatic heterocycles. The number of rotatable bonds is 5. The molecular formula is C26H30N2O3.